The van der Waals surface area contributed by atoms with Crippen LogP contribution in [0.2, 0.25) is 0 Å². The minimum absolute atomic E-state index is 0.296. The number of thiophene rings is 1. The molecule has 1 atom stereocenters. The molecule has 1 aromatic carbocycles. The molecule has 0 spiro atoms. The zero-order chi connectivity index (χ0) is 14.8. The summed E-state index contributed by atoms with van der Waals surface area (Å²) in [6, 6.07) is 10.3. The second-order valence-electron chi connectivity index (χ2n) is 4.17. The third-order valence-corrected chi connectivity index (χ3v) is 6.42. The van der Waals surface area contributed by atoms with Crippen LogP contribution in [0.3, 0.4) is 0 Å². The molecule has 0 unspecified atom stereocenters. The Balaban J connectivity index is 2.15. The lowest BCUT2D eigenvalue weighted by Gasteiger charge is -2.14. The highest BCUT2D eigenvalue weighted by atomic mass is 79.9. The normalized spacial score (nSPS) is 13.2. The van der Waals surface area contributed by atoms with Crippen molar-refractivity contribution in [3.8, 4) is 5.75 Å². The van der Waals surface area contributed by atoms with Crippen molar-refractivity contribution in [2.75, 3.05) is 7.11 Å². The van der Waals surface area contributed by atoms with Crippen molar-refractivity contribution in [3.63, 3.8) is 0 Å². The van der Waals surface area contributed by atoms with E-state index in [1.165, 1.54) is 11.3 Å². The summed E-state index contributed by atoms with van der Waals surface area (Å²) >= 11 is 4.45. The Hall–Kier alpha value is -0.890. The Morgan fingerprint density at radius 2 is 1.85 bits per heavy atom. The van der Waals surface area contributed by atoms with E-state index < -0.39 is 10.0 Å². The van der Waals surface area contributed by atoms with Crippen molar-refractivity contribution in [2.24, 2.45) is 0 Å². The Bertz CT molecular complexity index is 680. The Morgan fingerprint density at radius 3 is 2.35 bits per heavy atom. The molecule has 1 heterocycles. The van der Waals surface area contributed by atoms with Crippen LogP contribution in [0.5, 0.6) is 5.75 Å². The van der Waals surface area contributed by atoms with E-state index in [0.29, 0.717) is 4.21 Å². The molecule has 20 heavy (non-hydrogen) atoms. The maximum atomic E-state index is 12.2. The van der Waals surface area contributed by atoms with Crippen molar-refractivity contribution in [1.29, 1.82) is 0 Å². The molecule has 0 fully saturated rings. The van der Waals surface area contributed by atoms with Crippen LogP contribution in [0.4, 0.5) is 0 Å². The van der Waals surface area contributed by atoms with E-state index in [0.717, 1.165) is 15.1 Å². The monoisotopic (exact) mass is 375 g/mol. The van der Waals surface area contributed by atoms with Gasteiger partial charge in [-0.1, -0.05) is 12.1 Å². The molecular formula is C13H14BrNO3S2. The average Bonchev–Trinajstić information content (AvgIpc) is 2.86. The fraction of sp³-hybridized carbons (Fsp3) is 0.231. The third kappa shape index (κ3) is 3.60. The molecule has 2 rings (SSSR count). The molecule has 2 aromatic rings. The van der Waals surface area contributed by atoms with Gasteiger partial charge in [0.05, 0.1) is 10.9 Å². The van der Waals surface area contributed by atoms with Gasteiger partial charge in [0.1, 0.15) is 9.96 Å². The molecule has 0 bridgehead atoms. The fourth-order valence-corrected chi connectivity index (χ4v) is 4.95. The highest BCUT2D eigenvalue weighted by Crippen LogP contribution is 2.27. The first kappa shape index (κ1) is 15.5. The summed E-state index contributed by atoms with van der Waals surface area (Å²) in [5, 5.41) is 0. The van der Waals surface area contributed by atoms with E-state index in [1.807, 2.05) is 31.2 Å². The van der Waals surface area contributed by atoms with Crippen LogP contribution >= 0.6 is 27.3 Å². The number of methoxy groups -OCH3 is 1. The average molecular weight is 376 g/mol. The number of hydrogen-bond acceptors (Lipinski definition) is 4. The smallest absolute Gasteiger partial charge is 0.250 e. The van der Waals surface area contributed by atoms with Crippen molar-refractivity contribution in [1.82, 2.24) is 4.72 Å². The molecule has 4 nitrogen and oxygen atoms in total. The van der Waals surface area contributed by atoms with Gasteiger partial charge in [-0.05, 0) is 52.7 Å². The summed E-state index contributed by atoms with van der Waals surface area (Å²) in [6.45, 7) is 1.81. The van der Waals surface area contributed by atoms with Gasteiger partial charge in [-0.25, -0.2) is 13.1 Å². The lowest BCUT2D eigenvalue weighted by Crippen LogP contribution is -2.26. The molecule has 0 saturated heterocycles. The van der Waals surface area contributed by atoms with Crippen LogP contribution in [0, 0.1) is 0 Å². The first-order valence-corrected chi connectivity index (χ1v) is 8.93. The van der Waals surface area contributed by atoms with Crippen LogP contribution in [-0.4, -0.2) is 15.5 Å². The predicted molar refractivity (Wildman–Crippen MR) is 83.7 cm³/mol. The minimum Gasteiger partial charge on any atom is -0.497 e. The van der Waals surface area contributed by atoms with E-state index in [4.69, 9.17) is 4.74 Å². The highest BCUT2D eigenvalue weighted by molar-refractivity contribution is 9.11. The minimum atomic E-state index is -3.50. The summed E-state index contributed by atoms with van der Waals surface area (Å²) in [7, 11) is -1.90. The van der Waals surface area contributed by atoms with E-state index >= 15 is 0 Å². The molecule has 0 aliphatic heterocycles. The second kappa shape index (κ2) is 6.26. The molecule has 108 valence electrons. The zero-order valence-electron chi connectivity index (χ0n) is 11.0. The van der Waals surface area contributed by atoms with Gasteiger partial charge in [0, 0.05) is 6.04 Å². The van der Waals surface area contributed by atoms with Gasteiger partial charge in [0.15, 0.2) is 0 Å². The van der Waals surface area contributed by atoms with Crippen LogP contribution in [0.15, 0.2) is 44.4 Å². The topological polar surface area (TPSA) is 55.4 Å². The predicted octanol–water partition coefficient (Wildman–Crippen LogP) is 3.56. The molecule has 0 aliphatic rings. The molecule has 0 saturated carbocycles. The lowest BCUT2D eigenvalue weighted by molar-refractivity contribution is 0.414. The standard InChI is InChI=1S/C13H14BrNO3S2/c1-9(10-3-5-11(18-2)6-4-10)15-20(16,17)13-8-7-12(14)19-13/h3-9,15H,1-2H3/t9-/m0/s1. The summed E-state index contributed by atoms with van der Waals surface area (Å²) in [4.78, 5) is 0. The molecule has 1 N–H and O–H groups in total. The summed E-state index contributed by atoms with van der Waals surface area (Å²) < 4.78 is 33.2. The van der Waals surface area contributed by atoms with Gasteiger partial charge in [0.2, 0.25) is 0 Å². The first-order chi connectivity index (χ1) is 9.42. The highest BCUT2D eigenvalue weighted by Gasteiger charge is 2.20. The van der Waals surface area contributed by atoms with Gasteiger partial charge >= 0.3 is 0 Å². The Kier molecular flexibility index (Phi) is 4.85. The summed E-state index contributed by atoms with van der Waals surface area (Å²) in [5.41, 5.74) is 0.880. The lowest BCUT2D eigenvalue weighted by atomic mass is 10.1. The van der Waals surface area contributed by atoms with Gasteiger partial charge in [-0.2, -0.15) is 0 Å². The Labute approximate surface area is 131 Å². The van der Waals surface area contributed by atoms with Crippen molar-refractivity contribution in [3.05, 3.63) is 45.7 Å². The van der Waals surface area contributed by atoms with Crippen LogP contribution in [-0.2, 0) is 10.0 Å². The van der Waals surface area contributed by atoms with E-state index in [2.05, 4.69) is 20.7 Å². The number of hydrogen-bond donors (Lipinski definition) is 1. The van der Waals surface area contributed by atoms with Gasteiger partial charge in [0.25, 0.3) is 10.0 Å². The number of ether oxygens (including phenoxy) is 1. The second-order valence-corrected chi connectivity index (χ2v) is 8.58. The van der Waals surface area contributed by atoms with E-state index in [-0.39, 0.29) is 6.04 Å². The number of nitrogens with one attached hydrogen (secondary N) is 1. The largest absolute Gasteiger partial charge is 0.497 e. The van der Waals surface area contributed by atoms with E-state index in [1.54, 1.807) is 19.2 Å². The maximum absolute atomic E-state index is 12.2. The molecular weight excluding hydrogens is 362 g/mol. The Morgan fingerprint density at radius 1 is 1.20 bits per heavy atom. The van der Waals surface area contributed by atoms with E-state index in [9.17, 15) is 8.42 Å². The summed E-state index contributed by atoms with van der Waals surface area (Å²) in [6.07, 6.45) is 0. The zero-order valence-corrected chi connectivity index (χ0v) is 14.2. The van der Waals surface area contributed by atoms with Gasteiger partial charge < -0.3 is 4.74 Å². The number of sulfonamides is 1. The third-order valence-electron chi connectivity index (χ3n) is 2.76. The fourth-order valence-electron chi connectivity index (χ4n) is 1.69. The van der Waals surface area contributed by atoms with Gasteiger partial charge in [-0.15, -0.1) is 11.3 Å². The number of benzene rings is 1. The number of halogens is 1. The first-order valence-electron chi connectivity index (χ1n) is 5.84. The maximum Gasteiger partial charge on any atom is 0.250 e. The van der Waals surface area contributed by atoms with Crippen LogP contribution < -0.4 is 9.46 Å². The molecule has 0 aliphatic carbocycles. The molecule has 1 aromatic heterocycles. The molecule has 0 amide bonds. The number of rotatable bonds is 5. The summed E-state index contributed by atoms with van der Waals surface area (Å²) in [5.74, 6) is 0.742. The van der Waals surface area contributed by atoms with Crippen molar-refractivity contribution in [2.45, 2.75) is 17.2 Å². The van der Waals surface area contributed by atoms with Crippen LogP contribution in [0.1, 0.15) is 18.5 Å². The molecule has 0 radical (unpaired) electrons. The van der Waals surface area contributed by atoms with Crippen molar-refractivity contribution < 1.29 is 13.2 Å². The van der Waals surface area contributed by atoms with Crippen molar-refractivity contribution >= 4 is 37.3 Å². The van der Waals surface area contributed by atoms with Crippen LogP contribution in [0.25, 0.3) is 0 Å². The quantitative estimate of drug-likeness (QED) is 0.868. The molecule has 7 heteroatoms. The van der Waals surface area contributed by atoms with Gasteiger partial charge in [-0.3, -0.25) is 0 Å². The SMILES string of the molecule is COc1ccc([C@H](C)NS(=O)(=O)c2ccc(Br)s2)cc1.